The van der Waals surface area contributed by atoms with Crippen LogP contribution in [0, 0.1) is 6.92 Å². The fraction of sp³-hybridized carbons (Fsp3) is 0.583. The number of hydrogen-bond donors (Lipinski definition) is 1. The lowest BCUT2D eigenvalue weighted by Gasteiger charge is -2.35. The molecule has 1 amide bonds. The van der Waals surface area contributed by atoms with Crippen molar-refractivity contribution < 1.29 is 9.53 Å². The topological polar surface area (TPSA) is 55.6 Å². The summed E-state index contributed by atoms with van der Waals surface area (Å²) in [6.45, 7) is 6.30. The van der Waals surface area contributed by atoms with Gasteiger partial charge >= 0.3 is 0 Å². The molecule has 1 aromatic heterocycles. The molecule has 6 heteroatoms. The number of rotatable bonds is 3. The van der Waals surface area contributed by atoms with Crippen molar-refractivity contribution in [3.8, 4) is 0 Å². The Morgan fingerprint density at radius 3 is 2.94 bits per heavy atom. The molecule has 1 fully saturated rings. The van der Waals surface area contributed by atoms with Crippen LogP contribution in [0.25, 0.3) is 0 Å². The van der Waals surface area contributed by atoms with Crippen molar-refractivity contribution in [2.75, 3.05) is 13.1 Å². The predicted molar refractivity (Wildman–Crippen MR) is 75.6 cm³/mol. The van der Waals surface area contributed by atoms with Gasteiger partial charge in [0.2, 0.25) is 5.91 Å². The molecule has 18 heavy (non-hydrogen) atoms. The maximum Gasteiger partial charge on any atom is 0.247 e. The van der Waals surface area contributed by atoms with E-state index in [1.54, 1.807) is 11.3 Å². The Morgan fingerprint density at radius 1 is 1.67 bits per heavy atom. The van der Waals surface area contributed by atoms with Gasteiger partial charge in [0, 0.05) is 24.5 Å². The first kappa shape index (κ1) is 14.0. The van der Waals surface area contributed by atoms with E-state index in [2.05, 4.69) is 33.8 Å². The Morgan fingerprint density at radius 2 is 2.39 bits per heavy atom. The highest BCUT2D eigenvalue weighted by molar-refractivity contribution is 9.11. The van der Waals surface area contributed by atoms with Gasteiger partial charge in [-0.2, -0.15) is 0 Å². The summed E-state index contributed by atoms with van der Waals surface area (Å²) >= 11 is 5.27. The predicted octanol–water partition coefficient (Wildman–Crippen LogP) is 1.89. The highest BCUT2D eigenvalue weighted by Gasteiger charge is 2.29. The van der Waals surface area contributed by atoms with Gasteiger partial charge in [0.25, 0.3) is 0 Å². The lowest BCUT2D eigenvalue weighted by Crippen LogP contribution is -2.51. The zero-order valence-electron chi connectivity index (χ0n) is 10.5. The van der Waals surface area contributed by atoms with E-state index in [-0.39, 0.29) is 12.0 Å². The van der Waals surface area contributed by atoms with Crippen LogP contribution in [0.15, 0.2) is 9.85 Å². The maximum absolute atomic E-state index is 11.2. The number of nitrogens with zero attached hydrogens (tertiary/aromatic N) is 1. The minimum atomic E-state index is -0.488. The lowest BCUT2D eigenvalue weighted by atomic mass is 10.2. The summed E-state index contributed by atoms with van der Waals surface area (Å²) < 4.78 is 6.69. The van der Waals surface area contributed by atoms with Crippen LogP contribution in [0.1, 0.15) is 17.4 Å². The van der Waals surface area contributed by atoms with Crippen molar-refractivity contribution >= 4 is 33.2 Å². The minimum absolute atomic E-state index is 0.0424. The Labute approximate surface area is 119 Å². The Hall–Kier alpha value is -0.430. The molecule has 1 aromatic rings. The molecule has 2 rings (SSSR count). The van der Waals surface area contributed by atoms with Gasteiger partial charge in [0.1, 0.15) is 6.10 Å². The second-order valence-corrected chi connectivity index (χ2v) is 7.16. The number of carbonyl (C=O) groups is 1. The second kappa shape index (κ2) is 5.69. The van der Waals surface area contributed by atoms with E-state index >= 15 is 0 Å². The van der Waals surface area contributed by atoms with E-state index < -0.39 is 6.10 Å². The molecule has 0 unspecified atom stereocenters. The van der Waals surface area contributed by atoms with Gasteiger partial charge in [-0.1, -0.05) is 0 Å². The number of aryl methyl sites for hydroxylation is 1. The number of ether oxygens (including phenoxy) is 1. The van der Waals surface area contributed by atoms with E-state index in [1.165, 1.54) is 14.2 Å². The van der Waals surface area contributed by atoms with Crippen molar-refractivity contribution in [2.24, 2.45) is 5.73 Å². The third kappa shape index (κ3) is 3.32. The zero-order valence-corrected chi connectivity index (χ0v) is 12.9. The number of morpholine rings is 1. The van der Waals surface area contributed by atoms with Crippen molar-refractivity contribution in [2.45, 2.75) is 32.6 Å². The van der Waals surface area contributed by atoms with E-state index in [4.69, 9.17) is 10.5 Å². The Bertz CT molecular complexity index is 430. The monoisotopic (exact) mass is 332 g/mol. The number of carbonyl (C=O) groups excluding carboxylic acids is 1. The maximum atomic E-state index is 11.2. The molecule has 100 valence electrons. The molecule has 0 saturated carbocycles. The van der Waals surface area contributed by atoms with Crippen LogP contribution in [0.4, 0.5) is 0 Å². The molecule has 1 saturated heterocycles. The van der Waals surface area contributed by atoms with Crippen LogP contribution in [-0.2, 0) is 16.1 Å². The summed E-state index contributed by atoms with van der Waals surface area (Å²) in [4.78, 5) is 14.7. The summed E-state index contributed by atoms with van der Waals surface area (Å²) in [5, 5.41) is 0. The van der Waals surface area contributed by atoms with Gasteiger partial charge in [0.05, 0.1) is 9.89 Å². The first-order valence-electron chi connectivity index (χ1n) is 5.87. The molecule has 2 atom stereocenters. The van der Waals surface area contributed by atoms with Crippen LogP contribution < -0.4 is 5.73 Å². The zero-order chi connectivity index (χ0) is 13.3. The van der Waals surface area contributed by atoms with Gasteiger partial charge in [-0.3, -0.25) is 9.69 Å². The highest BCUT2D eigenvalue weighted by Crippen LogP contribution is 2.28. The van der Waals surface area contributed by atoms with Crippen molar-refractivity contribution in [3.05, 3.63) is 20.3 Å². The number of thiophene rings is 1. The number of nitrogens with two attached hydrogens (primary N) is 1. The smallest absolute Gasteiger partial charge is 0.247 e. The SMILES string of the molecule is Cc1cc(CN2C[C@@H](C)O[C@@H](C(N)=O)C2)sc1Br. The van der Waals surface area contributed by atoms with Crippen LogP contribution >= 0.6 is 27.3 Å². The quantitative estimate of drug-likeness (QED) is 0.919. The van der Waals surface area contributed by atoms with Crippen LogP contribution in [0.3, 0.4) is 0 Å². The Balaban J connectivity index is 2.02. The molecule has 0 aromatic carbocycles. The summed E-state index contributed by atoms with van der Waals surface area (Å²) in [7, 11) is 0. The van der Waals surface area contributed by atoms with Gasteiger partial charge < -0.3 is 10.5 Å². The van der Waals surface area contributed by atoms with Gasteiger partial charge in [-0.15, -0.1) is 11.3 Å². The highest BCUT2D eigenvalue weighted by atomic mass is 79.9. The van der Waals surface area contributed by atoms with E-state index in [0.29, 0.717) is 6.54 Å². The fourth-order valence-corrected chi connectivity index (χ4v) is 3.82. The summed E-state index contributed by atoms with van der Waals surface area (Å²) in [5.41, 5.74) is 6.57. The molecule has 1 aliphatic heterocycles. The molecule has 2 N–H and O–H groups in total. The van der Waals surface area contributed by atoms with E-state index in [0.717, 1.165) is 13.1 Å². The molecular weight excluding hydrogens is 316 g/mol. The van der Waals surface area contributed by atoms with Crippen molar-refractivity contribution in [1.29, 1.82) is 0 Å². The molecular formula is C12H17BrN2O2S. The summed E-state index contributed by atoms with van der Waals surface area (Å²) in [6.07, 6.45) is -0.445. The minimum Gasteiger partial charge on any atom is -0.367 e. The van der Waals surface area contributed by atoms with Gasteiger partial charge in [-0.05, 0) is 41.4 Å². The standard InChI is InChI=1S/C12H17BrN2O2S/c1-7-3-9(18-11(7)13)5-15-4-8(2)17-10(6-15)12(14)16/h3,8,10H,4-6H2,1-2H3,(H2,14,16)/t8-,10-/m1/s1. The second-order valence-electron chi connectivity index (χ2n) is 4.70. The molecule has 0 bridgehead atoms. The van der Waals surface area contributed by atoms with Gasteiger partial charge in [0.15, 0.2) is 0 Å². The Kier molecular flexibility index (Phi) is 4.42. The number of amides is 1. The lowest BCUT2D eigenvalue weighted by molar-refractivity contribution is -0.142. The molecule has 0 radical (unpaired) electrons. The number of halogens is 1. The fourth-order valence-electron chi connectivity index (χ4n) is 2.15. The van der Waals surface area contributed by atoms with Gasteiger partial charge in [-0.25, -0.2) is 0 Å². The van der Waals surface area contributed by atoms with E-state index in [9.17, 15) is 4.79 Å². The van der Waals surface area contributed by atoms with Crippen LogP contribution in [0.5, 0.6) is 0 Å². The summed E-state index contributed by atoms with van der Waals surface area (Å²) in [5.74, 6) is -0.380. The molecule has 1 aliphatic rings. The van der Waals surface area contributed by atoms with E-state index in [1.807, 2.05) is 6.92 Å². The van der Waals surface area contributed by atoms with Crippen molar-refractivity contribution in [1.82, 2.24) is 4.90 Å². The number of primary amides is 1. The van der Waals surface area contributed by atoms with Crippen LogP contribution in [0.2, 0.25) is 0 Å². The average Bonchev–Trinajstić information content (AvgIpc) is 2.56. The molecule has 0 aliphatic carbocycles. The van der Waals surface area contributed by atoms with Crippen molar-refractivity contribution in [3.63, 3.8) is 0 Å². The largest absolute Gasteiger partial charge is 0.367 e. The molecule has 4 nitrogen and oxygen atoms in total. The molecule has 0 spiro atoms. The van der Waals surface area contributed by atoms with Crippen LogP contribution in [-0.4, -0.2) is 36.1 Å². The first-order valence-corrected chi connectivity index (χ1v) is 7.48. The third-order valence-electron chi connectivity index (χ3n) is 2.94. The molecule has 2 heterocycles. The first-order chi connectivity index (χ1) is 8.45. The average molecular weight is 333 g/mol. The number of hydrogen-bond acceptors (Lipinski definition) is 4. The summed E-state index contributed by atoms with van der Waals surface area (Å²) in [6, 6.07) is 2.17. The normalized spacial score (nSPS) is 25.3. The third-order valence-corrected chi connectivity index (χ3v) is 5.06.